The predicted molar refractivity (Wildman–Crippen MR) is 156 cm³/mol. The summed E-state index contributed by atoms with van der Waals surface area (Å²) in [6.07, 6.45) is -9.07. The number of hydrogen-bond acceptors (Lipinski definition) is 2. The molecule has 0 aromatic heterocycles. The Morgan fingerprint density at radius 2 is 0.825 bits per heavy atom. The van der Waals surface area contributed by atoms with Gasteiger partial charge in [0.05, 0.1) is 11.1 Å². The van der Waals surface area contributed by atoms with E-state index in [4.69, 9.17) is 35.0 Å². The second-order valence-corrected chi connectivity index (χ2v) is 17.6. The van der Waals surface area contributed by atoms with Gasteiger partial charge in [0.1, 0.15) is 7.14 Å². The summed E-state index contributed by atoms with van der Waals surface area (Å²) >= 11 is 18.2. The Kier molecular flexibility index (Phi) is 9.00. The lowest BCUT2D eigenvalue weighted by Crippen LogP contribution is -2.25. The van der Waals surface area contributed by atoms with Gasteiger partial charge in [-0.2, -0.15) is 26.3 Å². The van der Waals surface area contributed by atoms with Gasteiger partial charge in [-0.05, 0) is 89.6 Å². The van der Waals surface area contributed by atoms with Crippen LogP contribution in [0.25, 0.3) is 0 Å². The van der Waals surface area contributed by atoms with E-state index in [0.29, 0.717) is 31.3 Å². The average molecular weight is 651 g/mol. The van der Waals surface area contributed by atoms with Crippen LogP contribution in [-0.2, 0) is 28.7 Å². The molecule has 0 spiro atoms. The topological polar surface area (TPSA) is 17.1 Å². The molecule has 1 nitrogen and oxygen atoms in total. The highest BCUT2D eigenvalue weighted by molar-refractivity contribution is 8.22. The zero-order chi connectivity index (χ0) is 29.3. The Bertz CT molecular complexity index is 1460. The Morgan fingerprint density at radius 1 is 0.525 bits per heavy atom. The molecule has 0 aliphatic carbocycles. The van der Waals surface area contributed by atoms with Crippen LogP contribution < -0.4 is 21.2 Å². The normalized spacial score (nSPS) is 12.9. The van der Waals surface area contributed by atoms with Crippen molar-refractivity contribution in [1.29, 1.82) is 0 Å². The maximum Gasteiger partial charge on any atom is 0.416 e. The van der Waals surface area contributed by atoms with Crippen LogP contribution >= 0.6 is 36.4 Å². The van der Waals surface area contributed by atoms with Crippen molar-refractivity contribution in [2.24, 2.45) is 0 Å². The second kappa shape index (κ2) is 11.7. The molecule has 40 heavy (non-hydrogen) atoms. The third kappa shape index (κ3) is 6.69. The van der Waals surface area contributed by atoms with Crippen LogP contribution in [0.5, 0.6) is 0 Å². The molecule has 0 heterocycles. The molecule has 12 heteroatoms. The summed E-state index contributed by atoms with van der Waals surface area (Å²) in [7, 11) is -3.39. The van der Waals surface area contributed by atoms with Crippen LogP contribution in [0, 0.1) is 0 Å². The van der Waals surface area contributed by atoms with Crippen LogP contribution in [-0.4, -0.2) is 12.3 Å². The van der Waals surface area contributed by atoms with Crippen molar-refractivity contribution in [2.75, 3.05) is 12.3 Å². The minimum atomic E-state index is -4.58. The fourth-order valence-corrected chi connectivity index (χ4v) is 12.4. The Balaban J connectivity index is 1.82. The summed E-state index contributed by atoms with van der Waals surface area (Å²) in [6.45, 7) is 0. The molecule has 0 saturated heterocycles. The molecule has 0 radical (unpaired) electrons. The molecule has 0 aliphatic rings. The molecule has 0 aliphatic heterocycles. The molecule has 0 fully saturated rings. The van der Waals surface area contributed by atoms with E-state index < -0.39 is 36.7 Å². The van der Waals surface area contributed by atoms with E-state index in [-0.39, 0.29) is 12.3 Å². The van der Waals surface area contributed by atoms with E-state index in [1.54, 1.807) is 48.5 Å². The molecule has 4 aromatic carbocycles. The van der Waals surface area contributed by atoms with E-state index in [1.165, 1.54) is 24.3 Å². The first-order valence-corrected chi connectivity index (χ1v) is 17.3. The largest absolute Gasteiger partial charge is 0.416 e. The lowest BCUT2D eigenvalue weighted by Gasteiger charge is -2.27. The van der Waals surface area contributed by atoms with E-state index in [1.807, 2.05) is 0 Å². The highest BCUT2D eigenvalue weighted by atomic mass is 35.5. The summed E-state index contributed by atoms with van der Waals surface area (Å²) in [5.41, 5.74) is -1.75. The van der Waals surface area contributed by atoms with E-state index in [2.05, 4.69) is 0 Å². The van der Waals surface area contributed by atoms with E-state index >= 15 is 0 Å². The highest BCUT2D eigenvalue weighted by Gasteiger charge is 2.35. The summed E-state index contributed by atoms with van der Waals surface area (Å²) in [6, 6.07) is 18.5. The third-order valence-corrected chi connectivity index (χ3v) is 15.3. The van der Waals surface area contributed by atoms with Gasteiger partial charge in [0.25, 0.3) is 0 Å². The fourth-order valence-electron chi connectivity index (χ4n) is 4.24. The second-order valence-electron chi connectivity index (χ2n) is 8.97. The van der Waals surface area contributed by atoms with Crippen molar-refractivity contribution in [3.05, 3.63) is 118 Å². The van der Waals surface area contributed by atoms with Crippen molar-refractivity contribution in [2.45, 2.75) is 12.4 Å². The number of alkyl halides is 6. The lowest BCUT2D eigenvalue weighted by atomic mass is 10.2. The lowest BCUT2D eigenvalue weighted by molar-refractivity contribution is -0.138. The van der Waals surface area contributed by atoms with Gasteiger partial charge >= 0.3 is 12.4 Å². The number of benzene rings is 4. The molecule has 0 amide bonds. The van der Waals surface area contributed by atoms with Gasteiger partial charge in [-0.15, -0.1) is 0 Å². The van der Waals surface area contributed by atoms with Crippen LogP contribution in [0.15, 0.2) is 97.1 Å². The number of halogens is 8. The molecular weight excluding hydrogens is 631 g/mol. The molecule has 0 unspecified atom stereocenters. The summed E-state index contributed by atoms with van der Waals surface area (Å²) in [5, 5.41) is 2.58. The molecule has 4 rings (SSSR count). The SMILES string of the molecule is O=P(CCP(=S)(c1ccc(C(F)(F)F)cc1)c1ccc(C(F)(F)F)cc1)(c1ccc(Cl)cc1)c1ccc(Cl)cc1. The molecule has 0 saturated carbocycles. The standard InChI is InChI=1S/C28H20Cl2F6OP2S/c29-21-5-13-23(14-6-21)38(37,24-15-7-22(30)8-16-24)17-18-39(40,25-9-1-19(2-10-25)27(31,32)33)26-11-3-20(4-12-26)28(34,35)36/h1-16H,17-18H2. The Labute approximate surface area is 242 Å². The van der Waals surface area contributed by atoms with Gasteiger partial charge in [-0.1, -0.05) is 59.3 Å². The van der Waals surface area contributed by atoms with Crippen LogP contribution in [0.1, 0.15) is 11.1 Å². The van der Waals surface area contributed by atoms with Crippen LogP contribution in [0.2, 0.25) is 10.0 Å². The van der Waals surface area contributed by atoms with E-state index in [0.717, 1.165) is 24.3 Å². The minimum Gasteiger partial charge on any atom is -0.314 e. The molecule has 4 aromatic rings. The van der Waals surface area contributed by atoms with Gasteiger partial charge in [-0.3, -0.25) is 0 Å². The zero-order valence-electron chi connectivity index (χ0n) is 20.4. The smallest absolute Gasteiger partial charge is 0.314 e. The number of hydrogen-bond donors (Lipinski definition) is 0. The summed E-state index contributed by atoms with van der Waals surface area (Å²) < 4.78 is 94.2. The Hall–Kier alpha value is -2.08. The molecule has 210 valence electrons. The van der Waals surface area contributed by atoms with Gasteiger partial charge in [0.15, 0.2) is 0 Å². The third-order valence-electron chi connectivity index (χ3n) is 6.44. The maximum atomic E-state index is 14.7. The van der Waals surface area contributed by atoms with Crippen molar-refractivity contribution < 1.29 is 30.9 Å². The van der Waals surface area contributed by atoms with Crippen LogP contribution in [0.4, 0.5) is 26.3 Å². The van der Waals surface area contributed by atoms with Crippen molar-refractivity contribution in [3.63, 3.8) is 0 Å². The van der Waals surface area contributed by atoms with Gasteiger partial charge in [0.2, 0.25) is 0 Å². The monoisotopic (exact) mass is 650 g/mol. The average Bonchev–Trinajstić information content (AvgIpc) is 2.91. The van der Waals surface area contributed by atoms with Gasteiger partial charge < -0.3 is 4.57 Å². The predicted octanol–water partition coefficient (Wildman–Crippen LogP) is 8.48. The maximum absolute atomic E-state index is 14.7. The summed E-state index contributed by atoms with van der Waals surface area (Å²) in [4.78, 5) is 0. The zero-order valence-corrected chi connectivity index (χ0v) is 24.5. The highest BCUT2D eigenvalue weighted by Crippen LogP contribution is 2.52. The first kappa shape index (κ1) is 30.9. The summed E-state index contributed by atoms with van der Waals surface area (Å²) in [5.74, 6) is 0. The fraction of sp³-hybridized carbons (Fsp3) is 0.143. The Morgan fingerprint density at radius 3 is 1.12 bits per heavy atom. The van der Waals surface area contributed by atoms with Crippen LogP contribution in [0.3, 0.4) is 0 Å². The minimum absolute atomic E-state index is 0.00951. The molecule has 0 atom stereocenters. The quantitative estimate of drug-likeness (QED) is 0.147. The van der Waals surface area contributed by atoms with E-state index in [9.17, 15) is 30.9 Å². The first-order chi connectivity index (χ1) is 18.6. The van der Waals surface area contributed by atoms with Crippen molar-refractivity contribution in [1.82, 2.24) is 0 Å². The van der Waals surface area contributed by atoms with Gasteiger partial charge in [-0.25, -0.2) is 0 Å². The van der Waals surface area contributed by atoms with Gasteiger partial charge in [0, 0.05) is 32.9 Å². The number of rotatable bonds is 7. The first-order valence-electron chi connectivity index (χ1n) is 11.7. The molecular formula is C28H20Cl2F6OP2S. The molecule has 0 bridgehead atoms. The van der Waals surface area contributed by atoms with Crippen molar-refractivity contribution >= 4 is 69.4 Å². The van der Waals surface area contributed by atoms with Crippen molar-refractivity contribution in [3.8, 4) is 0 Å². The molecule has 0 N–H and O–H groups in total.